The Morgan fingerprint density at radius 1 is 1.28 bits per heavy atom. The number of anilines is 1. The van der Waals surface area contributed by atoms with Gasteiger partial charge in [0.15, 0.2) is 0 Å². The van der Waals surface area contributed by atoms with Crippen molar-refractivity contribution in [2.75, 3.05) is 18.4 Å². The number of fused-ring (bicyclic) bond motifs is 1. The van der Waals surface area contributed by atoms with Crippen LogP contribution in [-0.2, 0) is 6.54 Å². The number of rotatable bonds is 3. The van der Waals surface area contributed by atoms with Crippen LogP contribution in [0, 0.1) is 5.92 Å². The molecule has 3 aromatic rings. The molecule has 25 heavy (non-hydrogen) atoms. The van der Waals surface area contributed by atoms with Crippen LogP contribution in [0.5, 0.6) is 0 Å². The Labute approximate surface area is 145 Å². The van der Waals surface area contributed by atoms with Crippen molar-refractivity contribution in [3.05, 3.63) is 49.3 Å². The highest BCUT2D eigenvalue weighted by Gasteiger charge is 2.24. The Kier molecular flexibility index (Phi) is 4.28. The summed E-state index contributed by atoms with van der Waals surface area (Å²) in [6.07, 6.45) is 8.93. The molecule has 2 aromatic heterocycles. The number of pyridine rings is 1. The molecule has 2 amide bonds. The van der Waals surface area contributed by atoms with Gasteiger partial charge in [-0.3, -0.25) is 9.67 Å². The maximum atomic E-state index is 12.7. The number of likely N-dealkylation sites (tertiary alicyclic amines) is 1. The average Bonchev–Trinajstić information content (AvgIpc) is 3.15. The van der Waals surface area contributed by atoms with Crippen LogP contribution in [0.1, 0.15) is 12.8 Å². The van der Waals surface area contributed by atoms with E-state index in [4.69, 9.17) is 0 Å². The van der Waals surface area contributed by atoms with E-state index < -0.39 is 0 Å². The molecular weight excluding hydrogens is 316 g/mol. The van der Waals surface area contributed by atoms with Gasteiger partial charge in [-0.2, -0.15) is 5.10 Å². The quantitative estimate of drug-likeness (QED) is 0.798. The van der Waals surface area contributed by atoms with Crippen LogP contribution >= 0.6 is 0 Å². The number of aromatic nitrogens is 4. The molecule has 1 unspecified atom stereocenters. The first kappa shape index (κ1) is 15.6. The molecule has 0 bridgehead atoms. The normalized spacial score (nSPS) is 17.6. The van der Waals surface area contributed by atoms with Gasteiger partial charge in [0, 0.05) is 42.8 Å². The summed E-state index contributed by atoms with van der Waals surface area (Å²) in [6.45, 7) is 2.31. The minimum Gasteiger partial charge on any atom is -0.324 e. The lowest BCUT2D eigenvalue weighted by atomic mass is 9.98. The van der Waals surface area contributed by atoms with Gasteiger partial charge in [-0.25, -0.2) is 9.78 Å². The van der Waals surface area contributed by atoms with Crippen LogP contribution < -0.4 is 5.32 Å². The SMILES string of the molecule is O=C(Nc1cccc2cnccc12)N1CCCC(Cn2cncn2)C1. The van der Waals surface area contributed by atoms with Gasteiger partial charge in [0.25, 0.3) is 0 Å². The van der Waals surface area contributed by atoms with Gasteiger partial charge >= 0.3 is 6.03 Å². The third-order valence-electron chi connectivity index (χ3n) is 4.64. The smallest absolute Gasteiger partial charge is 0.321 e. The Morgan fingerprint density at radius 3 is 3.12 bits per heavy atom. The van der Waals surface area contributed by atoms with E-state index in [1.165, 1.54) is 0 Å². The predicted molar refractivity (Wildman–Crippen MR) is 95.1 cm³/mol. The fourth-order valence-electron chi connectivity index (χ4n) is 3.42. The van der Waals surface area contributed by atoms with Crippen molar-refractivity contribution in [1.82, 2.24) is 24.6 Å². The fourth-order valence-corrected chi connectivity index (χ4v) is 3.42. The lowest BCUT2D eigenvalue weighted by molar-refractivity contribution is 0.168. The van der Waals surface area contributed by atoms with Gasteiger partial charge in [0.1, 0.15) is 12.7 Å². The summed E-state index contributed by atoms with van der Waals surface area (Å²) in [6, 6.07) is 7.73. The van der Waals surface area contributed by atoms with E-state index in [0.717, 1.165) is 48.9 Å². The molecule has 0 saturated carbocycles. The van der Waals surface area contributed by atoms with Crippen LogP contribution in [0.25, 0.3) is 10.8 Å². The minimum absolute atomic E-state index is 0.0485. The lowest BCUT2D eigenvalue weighted by Crippen LogP contribution is -2.43. The molecule has 1 N–H and O–H groups in total. The van der Waals surface area contributed by atoms with Crippen LogP contribution in [0.2, 0.25) is 0 Å². The maximum Gasteiger partial charge on any atom is 0.321 e. The van der Waals surface area contributed by atoms with Crippen molar-refractivity contribution in [2.45, 2.75) is 19.4 Å². The number of amides is 2. The third kappa shape index (κ3) is 3.45. The Hall–Kier alpha value is -2.96. The Balaban J connectivity index is 1.45. The molecule has 1 aliphatic heterocycles. The number of piperidine rings is 1. The highest BCUT2D eigenvalue weighted by atomic mass is 16.2. The molecule has 1 aromatic carbocycles. The maximum absolute atomic E-state index is 12.7. The molecule has 3 heterocycles. The second-order valence-electron chi connectivity index (χ2n) is 6.40. The van der Waals surface area contributed by atoms with E-state index >= 15 is 0 Å². The zero-order valence-corrected chi connectivity index (χ0v) is 13.9. The fraction of sp³-hybridized carbons (Fsp3) is 0.333. The Morgan fingerprint density at radius 2 is 2.24 bits per heavy atom. The molecule has 7 nitrogen and oxygen atoms in total. The summed E-state index contributed by atoms with van der Waals surface area (Å²) >= 11 is 0. The summed E-state index contributed by atoms with van der Waals surface area (Å²) in [7, 11) is 0. The highest BCUT2D eigenvalue weighted by Crippen LogP contribution is 2.24. The zero-order valence-electron chi connectivity index (χ0n) is 13.9. The highest BCUT2D eigenvalue weighted by molar-refractivity contribution is 6.01. The third-order valence-corrected chi connectivity index (χ3v) is 4.64. The average molecular weight is 336 g/mol. The lowest BCUT2D eigenvalue weighted by Gasteiger charge is -2.32. The van der Waals surface area contributed by atoms with E-state index in [-0.39, 0.29) is 6.03 Å². The number of carbonyl (C=O) groups is 1. The van der Waals surface area contributed by atoms with Crippen molar-refractivity contribution < 1.29 is 4.79 Å². The van der Waals surface area contributed by atoms with Crippen molar-refractivity contribution in [2.24, 2.45) is 5.92 Å². The minimum atomic E-state index is -0.0485. The van der Waals surface area contributed by atoms with E-state index in [0.29, 0.717) is 5.92 Å². The summed E-state index contributed by atoms with van der Waals surface area (Å²) < 4.78 is 1.84. The van der Waals surface area contributed by atoms with Crippen LogP contribution in [-0.4, -0.2) is 43.8 Å². The Bertz CT molecular complexity index is 858. The van der Waals surface area contributed by atoms with Crippen LogP contribution in [0.3, 0.4) is 0 Å². The molecule has 1 saturated heterocycles. The van der Waals surface area contributed by atoms with Crippen molar-refractivity contribution in [3.63, 3.8) is 0 Å². The van der Waals surface area contributed by atoms with E-state index in [9.17, 15) is 4.79 Å². The molecule has 1 aliphatic rings. The monoisotopic (exact) mass is 336 g/mol. The van der Waals surface area contributed by atoms with Gasteiger partial charge in [-0.1, -0.05) is 12.1 Å². The molecular formula is C18H20N6O. The molecule has 4 rings (SSSR count). The molecule has 0 radical (unpaired) electrons. The van der Waals surface area contributed by atoms with Gasteiger partial charge in [0.2, 0.25) is 0 Å². The van der Waals surface area contributed by atoms with Crippen LogP contribution in [0.15, 0.2) is 49.3 Å². The van der Waals surface area contributed by atoms with Gasteiger partial charge in [0.05, 0.1) is 5.69 Å². The number of benzene rings is 1. The molecule has 0 spiro atoms. The zero-order chi connectivity index (χ0) is 17.1. The topological polar surface area (TPSA) is 75.9 Å². The van der Waals surface area contributed by atoms with E-state index in [2.05, 4.69) is 20.4 Å². The van der Waals surface area contributed by atoms with Crippen molar-refractivity contribution in [1.29, 1.82) is 0 Å². The standard InChI is InChI=1S/C18H20N6O/c25-18(22-17-5-1-4-15-9-19-7-6-16(15)17)23-8-2-3-14(10-23)11-24-13-20-12-21-24/h1,4-7,9,12-14H,2-3,8,10-11H2,(H,22,25). The van der Waals surface area contributed by atoms with Crippen molar-refractivity contribution >= 4 is 22.5 Å². The molecule has 1 atom stereocenters. The molecule has 128 valence electrons. The number of carbonyl (C=O) groups excluding carboxylic acids is 1. The number of hydrogen-bond donors (Lipinski definition) is 1. The van der Waals surface area contributed by atoms with Gasteiger partial charge < -0.3 is 10.2 Å². The van der Waals surface area contributed by atoms with E-state index in [1.54, 1.807) is 25.0 Å². The molecule has 7 heteroatoms. The largest absolute Gasteiger partial charge is 0.324 e. The summed E-state index contributed by atoms with van der Waals surface area (Å²) in [5.41, 5.74) is 0.822. The summed E-state index contributed by atoms with van der Waals surface area (Å²) in [5.74, 6) is 0.401. The predicted octanol–water partition coefficient (Wildman–Crippen LogP) is 2.77. The number of hydrogen-bond acceptors (Lipinski definition) is 4. The van der Waals surface area contributed by atoms with Gasteiger partial charge in [-0.15, -0.1) is 0 Å². The summed E-state index contributed by atoms with van der Waals surface area (Å²) in [5, 5.41) is 9.24. The number of nitrogens with zero attached hydrogens (tertiary/aromatic N) is 5. The first-order chi connectivity index (χ1) is 12.3. The second kappa shape index (κ2) is 6.88. The van der Waals surface area contributed by atoms with Crippen molar-refractivity contribution in [3.8, 4) is 0 Å². The second-order valence-corrected chi connectivity index (χ2v) is 6.40. The van der Waals surface area contributed by atoms with Gasteiger partial charge in [-0.05, 0) is 30.9 Å². The van der Waals surface area contributed by atoms with Crippen LogP contribution in [0.4, 0.5) is 10.5 Å². The molecule has 0 aliphatic carbocycles. The molecule has 1 fully saturated rings. The number of nitrogens with one attached hydrogen (secondary N) is 1. The number of urea groups is 1. The van der Waals surface area contributed by atoms with E-state index in [1.807, 2.05) is 33.8 Å². The first-order valence-corrected chi connectivity index (χ1v) is 8.51. The summed E-state index contributed by atoms with van der Waals surface area (Å²) in [4.78, 5) is 22.7. The first-order valence-electron chi connectivity index (χ1n) is 8.51.